The van der Waals surface area contributed by atoms with Gasteiger partial charge in [-0.1, -0.05) is 18.2 Å². The normalized spacial score (nSPS) is 20.1. The molecule has 1 fully saturated rings. The fraction of sp³-hybridized carbons (Fsp3) is 0.591. The van der Waals surface area contributed by atoms with Gasteiger partial charge in [0.05, 0.1) is 0 Å². The van der Waals surface area contributed by atoms with Crippen LogP contribution < -0.4 is 10.1 Å². The summed E-state index contributed by atoms with van der Waals surface area (Å²) in [5.41, 5.74) is 0.105. The number of rotatable bonds is 4. The van der Waals surface area contributed by atoms with Crippen LogP contribution in [0.25, 0.3) is 0 Å². The summed E-state index contributed by atoms with van der Waals surface area (Å²) >= 11 is 0. The molecule has 1 aromatic heterocycles. The number of amides is 1. The lowest BCUT2D eigenvalue weighted by atomic mass is 9.99. The molecular weight excluding hydrogens is 366 g/mol. The Labute approximate surface area is 172 Å². The number of carbonyl (C=O) groups excluding carboxylic acids is 1. The molecular formula is C22H31N5O2. The third-order valence-electron chi connectivity index (χ3n) is 5.98. The van der Waals surface area contributed by atoms with Gasteiger partial charge in [-0.3, -0.25) is 4.79 Å². The van der Waals surface area contributed by atoms with Crippen LogP contribution in [0, 0.1) is 6.92 Å². The van der Waals surface area contributed by atoms with Crippen molar-refractivity contribution < 1.29 is 9.53 Å². The molecule has 0 bridgehead atoms. The second-order valence-electron chi connectivity index (χ2n) is 8.59. The van der Waals surface area contributed by atoms with Crippen molar-refractivity contribution in [3.8, 4) is 5.75 Å². The second kappa shape index (κ2) is 8.14. The van der Waals surface area contributed by atoms with Gasteiger partial charge in [0.1, 0.15) is 17.4 Å². The molecule has 29 heavy (non-hydrogen) atoms. The summed E-state index contributed by atoms with van der Waals surface area (Å²) in [6, 6.07) is 7.82. The zero-order valence-electron chi connectivity index (χ0n) is 17.6. The van der Waals surface area contributed by atoms with Crippen molar-refractivity contribution in [2.24, 2.45) is 0 Å². The number of hydrogen-bond donors (Lipinski definition) is 1. The van der Waals surface area contributed by atoms with Crippen molar-refractivity contribution in [3.63, 3.8) is 0 Å². The van der Waals surface area contributed by atoms with Crippen molar-refractivity contribution >= 4 is 5.91 Å². The van der Waals surface area contributed by atoms with Gasteiger partial charge in [0.25, 0.3) is 5.91 Å². The van der Waals surface area contributed by atoms with Gasteiger partial charge in [0.15, 0.2) is 5.60 Å². The zero-order chi connectivity index (χ0) is 20.4. The molecule has 1 N–H and O–H groups in total. The Bertz CT molecular complexity index is 870. The fourth-order valence-electron chi connectivity index (χ4n) is 4.29. The van der Waals surface area contributed by atoms with Gasteiger partial charge in [-0.2, -0.15) is 0 Å². The standard InChI is InChI=1S/C22H31N5O2/c1-16-7-4-5-9-18(16)29-22(2,3)21(28)26-12-10-19-24-25-20(27(19)14-13-26)17-8-6-11-23-15-17/h4-5,7,9,17,23H,6,8,10-15H2,1-3H3/t17-/m1/s1. The van der Waals surface area contributed by atoms with E-state index in [0.717, 1.165) is 55.4 Å². The minimum absolute atomic E-state index is 0.0142. The van der Waals surface area contributed by atoms with Gasteiger partial charge in [-0.05, 0) is 51.8 Å². The molecule has 3 heterocycles. The van der Waals surface area contributed by atoms with Crippen LogP contribution >= 0.6 is 0 Å². The zero-order valence-corrected chi connectivity index (χ0v) is 17.6. The predicted molar refractivity (Wildman–Crippen MR) is 111 cm³/mol. The van der Waals surface area contributed by atoms with E-state index >= 15 is 0 Å². The average molecular weight is 398 g/mol. The van der Waals surface area contributed by atoms with Crippen molar-refractivity contribution in [2.45, 2.75) is 58.1 Å². The van der Waals surface area contributed by atoms with E-state index in [1.807, 2.05) is 49.9 Å². The Morgan fingerprint density at radius 1 is 1.21 bits per heavy atom. The number of piperidine rings is 1. The Morgan fingerprint density at radius 2 is 2.03 bits per heavy atom. The summed E-state index contributed by atoms with van der Waals surface area (Å²) in [6.45, 7) is 9.76. The van der Waals surface area contributed by atoms with Gasteiger partial charge in [-0.15, -0.1) is 10.2 Å². The summed E-state index contributed by atoms with van der Waals surface area (Å²) < 4.78 is 8.37. The molecule has 7 heteroatoms. The van der Waals surface area contributed by atoms with E-state index in [0.29, 0.717) is 19.0 Å². The fourth-order valence-corrected chi connectivity index (χ4v) is 4.29. The molecule has 0 spiro atoms. The van der Waals surface area contributed by atoms with Crippen LogP contribution in [0.4, 0.5) is 0 Å². The highest BCUT2D eigenvalue weighted by molar-refractivity contribution is 5.85. The van der Waals surface area contributed by atoms with Gasteiger partial charge < -0.3 is 19.5 Å². The molecule has 2 aliphatic rings. The molecule has 156 valence electrons. The van der Waals surface area contributed by atoms with Crippen LogP contribution in [0.5, 0.6) is 5.75 Å². The summed E-state index contributed by atoms with van der Waals surface area (Å²) in [7, 11) is 0. The number of benzene rings is 1. The highest BCUT2D eigenvalue weighted by atomic mass is 16.5. The summed E-state index contributed by atoms with van der Waals surface area (Å²) in [5.74, 6) is 3.23. The Balaban J connectivity index is 1.46. The maximum Gasteiger partial charge on any atom is 0.266 e. The number of aryl methyl sites for hydroxylation is 1. The minimum Gasteiger partial charge on any atom is -0.478 e. The van der Waals surface area contributed by atoms with E-state index in [1.54, 1.807) is 0 Å². The van der Waals surface area contributed by atoms with Crippen molar-refractivity contribution in [3.05, 3.63) is 41.5 Å². The molecule has 1 aromatic carbocycles. The third-order valence-corrected chi connectivity index (χ3v) is 5.98. The molecule has 4 rings (SSSR count). The second-order valence-corrected chi connectivity index (χ2v) is 8.59. The summed E-state index contributed by atoms with van der Waals surface area (Å²) in [4.78, 5) is 15.2. The van der Waals surface area contributed by atoms with Crippen LogP contribution in [-0.2, 0) is 17.8 Å². The third kappa shape index (κ3) is 4.15. The number of nitrogens with one attached hydrogen (secondary N) is 1. The monoisotopic (exact) mass is 397 g/mol. The Morgan fingerprint density at radius 3 is 2.79 bits per heavy atom. The molecule has 2 aromatic rings. The van der Waals surface area contributed by atoms with Crippen molar-refractivity contribution in [2.75, 3.05) is 26.2 Å². The molecule has 0 aliphatic carbocycles. The van der Waals surface area contributed by atoms with E-state index < -0.39 is 5.60 Å². The lowest BCUT2D eigenvalue weighted by molar-refractivity contribution is -0.145. The van der Waals surface area contributed by atoms with Gasteiger partial charge in [0, 0.05) is 38.5 Å². The first-order valence-electron chi connectivity index (χ1n) is 10.6. The summed E-state index contributed by atoms with van der Waals surface area (Å²) in [6.07, 6.45) is 3.03. The maximum atomic E-state index is 13.3. The molecule has 1 amide bonds. The van der Waals surface area contributed by atoms with E-state index in [4.69, 9.17) is 4.74 Å². The number of carbonyl (C=O) groups is 1. The van der Waals surface area contributed by atoms with Crippen LogP contribution in [0.1, 0.15) is 49.8 Å². The SMILES string of the molecule is Cc1ccccc1OC(C)(C)C(=O)N1CCc2nnc([C@@H]3CCCNC3)n2CC1. The van der Waals surface area contributed by atoms with E-state index in [1.165, 1.54) is 6.42 Å². The maximum absolute atomic E-state index is 13.3. The van der Waals surface area contributed by atoms with Crippen LogP contribution in [0.2, 0.25) is 0 Å². The van der Waals surface area contributed by atoms with Crippen molar-refractivity contribution in [1.82, 2.24) is 25.0 Å². The van der Waals surface area contributed by atoms with E-state index in [2.05, 4.69) is 20.1 Å². The topological polar surface area (TPSA) is 72.3 Å². The number of para-hydroxylation sites is 1. The molecule has 0 unspecified atom stereocenters. The lowest BCUT2D eigenvalue weighted by Crippen LogP contribution is -2.50. The summed E-state index contributed by atoms with van der Waals surface area (Å²) in [5, 5.41) is 12.4. The van der Waals surface area contributed by atoms with Gasteiger partial charge in [0.2, 0.25) is 0 Å². The van der Waals surface area contributed by atoms with Gasteiger partial charge in [-0.25, -0.2) is 0 Å². The molecule has 0 radical (unpaired) electrons. The van der Waals surface area contributed by atoms with Gasteiger partial charge >= 0.3 is 0 Å². The van der Waals surface area contributed by atoms with Crippen molar-refractivity contribution in [1.29, 1.82) is 0 Å². The number of nitrogens with zero attached hydrogens (tertiary/aromatic N) is 4. The van der Waals surface area contributed by atoms with Crippen LogP contribution in [0.15, 0.2) is 24.3 Å². The van der Waals surface area contributed by atoms with Crippen LogP contribution in [0.3, 0.4) is 0 Å². The molecule has 0 saturated carbocycles. The van der Waals surface area contributed by atoms with Crippen LogP contribution in [-0.4, -0.2) is 57.4 Å². The van der Waals surface area contributed by atoms with E-state index in [9.17, 15) is 4.79 Å². The highest BCUT2D eigenvalue weighted by Gasteiger charge is 2.36. The first kappa shape index (κ1) is 19.9. The quantitative estimate of drug-likeness (QED) is 0.857. The molecule has 7 nitrogen and oxygen atoms in total. The average Bonchev–Trinajstić information content (AvgIpc) is 3.01. The molecule has 2 aliphatic heterocycles. The largest absolute Gasteiger partial charge is 0.478 e. The minimum atomic E-state index is -0.924. The number of aromatic nitrogens is 3. The highest BCUT2D eigenvalue weighted by Crippen LogP contribution is 2.26. The lowest BCUT2D eigenvalue weighted by Gasteiger charge is -2.32. The molecule has 1 atom stereocenters. The Kier molecular flexibility index (Phi) is 5.58. The number of fused-ring (bicyclic) bond motifs is 1. The molecule has 1 saturated heterocycles. The Hall–Kier alpha value is -2.41. The first-order chi connectivity index (χ1) is 14.0. The van der Waals surface area contributed by atoms with E-state index in [-0.39, 0.29) is 5.91 Å². The number of ether oxygens (including phenoxy) is 1. The predicted octanol–water partition coefficient (Wildman–Crippen LogP) is 2.30. The first-order valence-corrected chi connectivity index (χ1v) is 10.6. The smallest absolute Gasteiger partial charge is 0.266 e. The number of hydrogen-bond acceptors (Lipinski definition) is 5.